The van der Waals surface area contributed by atoms with Crippen LogP contribution in [0.5, 0.6) is 0 Å². The number of rotatable bonds is 6. The Kier molecular flexibility index (Phi) is 5.65. The van der Waals surface area contributed by atoms with Crippen LogP contribution in [-0.2, 0) is 27.3 Å². The van der Waals surface area contributed by atoms with Gasteiger partial charge in [0.2, 0.25) is 5.91 Å². The summed E-state index contributed by atoms with van der Waals surface area (Å²) in [5.41, 5.74) is 1.22. The molecule has 0 spiro atoms. The van der Waals surface area contributed by atoms with Gasteiger partial charge >= 0.3 is 5.97 Å². The maximum absolute atomic E-state index is 12.6. The largest absolute Gasteiger partial charge is 0.469 e. The summed E-state index contributed by atoms with van der Waals surface area (Å²) >= 11 is 0. The lowest BCUT2D eigenvalue weighted by molar-refractivity contribution is -0.141. The lowest BCUT2D eigenvalue weighted by atomic mass is 10.0. The van der Waals surface area contributed by atoms with E-state index in [4.69, 9.17) is 0 Å². The van der Waals surface area contributed by atoms with E-state index in [0.717, 1.165) is 18.1 Å². The Hall–Kier alpha value is -2.70. The van der Waals surface area contributed by atoms with Gasteiger partial charge in [-0.25, -0.2) is 0 Å². The fraction of sp³-hybridized carbons (Fsp3) is 0.474. The Bertz CT molecular complexity index is 772. The van der Waals surface area contributed by atoms with Crippen LogP contribution in [0.3, 0.4) is 0 Å². The third-order valence-corrected chi connectivity index (χ3v) is 4.73. The van der Waals surface area contributed by atoms with E-state index in [9.17, 15) is 9.59 Å². The molecular weight excluding hydrogens is 332 g/mol. The highest BCUT2D eigenvalue weighted by atomic mass is 16.5. The number of aryl methyl sites for hydroxylation is 1. The highest BCUT2D eigenvalue weighted by Gasteiger charge is 2.30. The number of carbonyl (C=O) groups is 2. The summed E-state index contributed by atoms with van der Waals surface area (Å²) in [5.74, 6) is 1.45. The predicted molar refractivity (Wildman–Crippen MR) is 95.2 cm³/mol. The minimum absolute atomic E-state index is 0.0406. The van der Waals surface area contributed by atoms with Gasteiger partial charge in [0.25, 0.3) is 0 Å². The number of hydrogen-bond donors (Lipinski definition) is 0. The van der Waals surface area contributed by atoms with Gasteiger partial charge < -0.3 is 14.2 Å². The summed E-state index contributed by atoms with van der Waals surface area (Å²) in [6, 6.07) is 10.3. The normalized spacial score (nSPS) is 16.2. The summed E-state index contributed by atoms with van der Waals surface area (Å²) in [6.45, 7) is 3.03. The van der Waals surface area contributed by atoms with Crippen molar-refractivity contribution in [3.05, 3.63) is 47.5 Å². The van der Waals surface area contributed by atoms with E-state index >= 15 is 0 Å². The first kappa shape index (κ1) is 18.1. The Morgan fingerprint density at radius 1 is 1.19 bits per heavy atom. The van der Waals surface area contributed by atoms with E-state index in [2.05, 4.69) is 31.6 Å². The lowest BCUT2D eigenvalue weighted by Gasteiger charge is -2.34. The highest BCUT2D eigenvalue weighted by Crippen LogP contribution is 2.25. The molecule has 0 unspecified atom stereocenters. The van der Waals surface area contributed by atoms with Crippen LogP contribution in [0.25, 0.3) is 0 Å². The number of methoxy groups -OCH3 is 1. The van der Waals surface area contributed by atoms with Gasteiger partial charge in [0.05, 0.1) is 19.7 Å². The monoisotopic (exact) mass is 356 g/mol. The average Bonchev–Trinajstić information content (AvgIpc) is 3.03. The van der Waals surface area contributed by atoms with E-state index in [1.807, 2.05) is 30.0 Å². The Morgan fingerprint density at radius 3 is 2.69 bits per heavy atom. The van der Waals surface area contributed by atoms with Crippen LogP contribution in [0, 0.1) is 6.92 Å². The van der Waals surface area contributed by atoms with Crippen molar-refractivity contribution in [1.82, 2.24) is 19.7 Å². The maximum Gasteiger partial charge on any atom is 0.305 e. The second-order valence-electron chi connectivity index (χ2n) is 6.58. The summed E-state index contributed by atoms with van der Waals surface area (Å²) in [6.07, 6.45) is 1.91. The molecule has 3 rings (SSSR count). The molecule has 1 amide bonds. The van der Waals surface area contributed by atoms with Gasteiger partial charge in [-0.3, -0.25) is 9.59 Å². The standard InChI is InChI=1S/C19H24N4O3/c1-14-20-21-17-13-22(18(24)9-6-10-19(25)26-2)12-16(23(14)17)11-15-7-4-3-5-8-15/h3-5,7-8,16H,6,9-13H2,1-2H3/t16-/m1/s1. The van der Waals surface area contributed by atoms with Gasteiger partial charge in [0.15, 0.2) is 5.82 Å². The second kappa shape index (κ2) is 8.12. The van der Waals surface area contributed by atoms with E-state index in [-0.39, 0.29) is 24.3 Å². The fourth-order valence-electron chi connectivity index (χ4n) is 3.44. The van der Waals surface area contributed by atoms with Crippen molar-refractivity contribution < 1.29 is 14.3 Å². The number of benzene rings is 1. The van der Waals surface area contributed by atoms with Crippen LogP contribution < -0.4 is 0 Å². The van der Waals surface area contributed by atoms with E-state index < -0.39 is 0 Å². The summed E-state index contributed by atoms with van der Waals surface area (Å²) < 4.78 is 6.77. The van der Waals surface area contributed by atoms with Crippen LogP contribution in [0.4, 0.5) is 0 Å². The van der Waals surface area contributed by atoms with Gasteiger partial charge in [-0.2, -0.15) is 0 Å². The molecule has 0 aliphatic carbocycles. The minimum Gasteiger partial charge on any atom is -0.469 e. The van der Waals surface area contributed by atoms with Gasteiger partial charge in [0.1, 0.15) is 5.82 Å². The van der Waals surface area contributed by atoms with Crippen LogP contribution in [0.2, 0.25) is 0 Å². The minimum atomic E-state index is -0.284. The Labute approximate surface area is 153 Å². The molecule has 2 aromatic rings. The van der Waals surface area contributed by atoms with Gasteiger partial charge in [-0.15, -0.1) is 10.2 Å². The Balaban J connectivity index is 1.70. The van der Waals surface area contributed by atoms with Crippen molar-refractivity contribution in [3.63, 3.8) is 0 Å². The Morgan fingerprint density at radius 2 is 1.96 bits per heavy atom. The SMILES string of the molecule is COC(=O)CCCC(=O)N1Cc2nnc(C)n2[C@H](Cc2ccccc2)C1. The maximum atomic E-state index is 12.6. The molecule has 1 aliphatic rings. The molecule has 0 saturated heterocycles. The summed E-state index contributed by atoms with van der Waals surface area (Å²) in [7, 11) is 1.36. The van der Waals surface area contributed by atoms with E-state index in [1.165, 1.54) is 12.7 Å². The number of esters is 1. The molecule has 1 aromatic heterocycles. The molecule has 1 aromatic carbocycles. The van der Waals surface area contributed by atoms with Gasteiger partial charge in [-0.1, -0.05) is 30.3 Å². The zero-order valence-corrected chi connectivity index (χ0v) is 15.2. The molecule has 1 aliphatic heterocycles. The summed E-state index contributed by atoms with van der Waals surface area (Å²) in [4.78, 5) is 25.6. The molecule has 1 atom stereocenters. The number of hydrogen-bond acceptors (Lipinski definition) is 5. The molecule has 0 fully saturated rings. The van der Waals surface area contributed by atoms with Crippen molar-refractivity contribution in [3.8, 4) is 0 Å². The molecule has 7 heteroatoms. The van der Waals surface area contributed by atoms with E-state index in [0.29, 0.717) is 25.9 Å². The number of amides is 1. The quantitative estimate of drug-likeness (QED) is 0.741. The number of fused-ring (bicyclic) bond motifs is 1. The zero-order valence-electron chi connectivity index (χ0n) is 15.2. The third kappa shape index (κ3) is 4.09. The molecular formula is C19H24N4O3. The van der Waals surface area contributed by atoms with E-state index in [1.54, 1.807) is 0 Å². The number of aromatic nitrogens is 3. The lowest BCUT2D eigenvalue weighted by Crippen LogP contribution is -2.42. The van der Waals surface area contributed by atoms with Gasteiger partial charge in [-0.05, 0) is 25.3 Å². The first-order valence-corrected chi connectivity index (χ1v) is 8.87. The number of carbonyl (C=O) groups excluding carboxylic acids is 2. The topological polar surface area (TPSA) is 77.3 Å². The molecule has 2 heterocycles. The zero-order chi connectivity index (χ0) is 18.5. The summed E-state index contributed by atoms with van der Waals surface area (Å²) in [5, 5.41) is 8.44. The molecule has 0 radical (unpaired) electrons. The molecule has 138 valence electrons. The number of ether oxygens (including phenoxy) is 1. The smallest absolute Gasteiger partial charge is 0.305 e. The van der Waals surface area contributed by atoms with Gasteiger partial charge in [0, 0.05) is 19.4 Å². The van der Waals surface area contributed by atoms with Crippen molar-refractivity contribution in [2.45, 2.75) is 45.2 Å². The van der Waals surface area contributed by atoms with Crippen LogP contribution in [-0.4, -0.2) is 45.2 Å². The second-order valence-corrected chi connectivity index (χ2v) is 6.58. The molecule has 0 saturated carbocycles. The number of nitrogens with zero attached hydrogens (tertiary/aromatic N) is 4. The first-order valence-electron chi connectivity index (χ1n) is 8.87. The van der Waals surface area contributed by atoms with Crippen LogP contribution in [0.1, 0.15) is 42.5 Å². The highest BCUT2D eigenvalue weighted by molar-refractivity contribution is 5.77. The van der Waals surface area contributed by atoms with Crippen LogP contribution >= 0.6 is 0 Å². The van der Waals surface area contributed by atoms with Crippen molar-refractivity contribution in [1.29, 1.82) is 0 Å². The third-order valence-electron chi connectivity index (χ3n) is 4.73. The molecule has 0 bridgehead atoms. The van der Waals surface area contributed by atoms with Crippen molar-refractivity contribution >= 4 is 11.9 Å². The fourth-order valence-corrected chi connectivity index (χ4v) is 3.44. The van der Waals surface area contributed by atoms with Crippen molar-refractivity contribution in [2.75, 3.05) is 13.7 Å². The molecule has 7 nitrogen and oxygen atoms in total. The average molecular weight is 356 g/mol. The van der Waals surface area contributed by atoms with Crippen molar-refractivity contribution in [2.24, 2.45) is 0 Å². The van der Waals surface area contributed by atoms with Crippen LogP contribution in [0.15, 0.2) is 30.3 Å². The first-order chi connectivity index (χ1) is 12.6. The molecule has 26 heavy (non-hydrogen) atoms. The predicted octanol–water partition coefficient (Wildman–Crippen LogP) is 2.06. The molecule has 0 N–H and O–H groups in total.